The Morgan fingerprint density at radius 2 is 1.66 bits per heavy atom. The molecule has 2 heterocycles. The number of methoxy groups -OCH3 is 1. The van der Waals surface area contributed by atoms with E-state index in [-0.39, 0.29) is 23.9 Å². The predicted molar refractivity (Wildman–Crippen MR) is 111 cm³/mol. The number of fused-ring (bicyclic) bond motifs is 1. The maximum Gasteiger partial charge on any atom is 0.254 e. The summed E-state index contributed by atoms with van der Waals surface area (Å²) in [7, 11) is -0.114. The molecule has 0 bridgehead atoms. The van der Waals surface area contributed by atoms with E-state index in [9.17, 15) is 13.2 Å². The number of hydrogen-bond donors (Lipinski definition) is 0. The molecule has 152 valence electrons. The van der Waals surface area contributed by atoms with Crippen LogP contribution in [0, 0.1) is 0 Å². The van der Waals surface area contributed by atoms with E-state index in [1.165, 1.54) is 11.4 Å². The number of aryl methyl sites for hydroxylation is 1. The third-order valence-electron chi connectivity index (χ3n) is 5.38. The van der Waals surface area contributed by atoms with Crippen molar-refractivity contribution >= 4 is 26.8 Å². The van der Waals surface area contributed by atoms with Gasteiger partial charge in [-0.15, -0.1) is 0 Å². The average Bonchev–Trinajstić information content (AvgIpc) is 3.14. The van der Waals surface area contributed by atoms with Crippen LogP contribution in [0.2, 0.25) is 0 Å². The summed E-state index contributed by atoms with van der Waals surface area (Å²) < 4.78 is 34.3. The lowest BCUT2D eigenvalue weighted by molar-refractivity contribution is 0.0700. The molecule has 1 aliphatic rings. The molecule has 8 heteroatoms. The summed E-state index contributed by atoms with van der Waals surface area (Å²) in [6, 6.07) is 14.0. The van der Waals surface area contributed by atoms with Gasteiger partial charge in [-0.3, -0.25) is 4.79 Å². The second-order valence-electron chi connectivity index (χ2n) is 7.04. The van der Waals surface area contributed by atoms with E-state index in [1.54, 1.807) is 29.2 Å². The fourth-order valence-corrected chi connectivity index (χ4v) is 5.11. The molecule has 0 N–H and O–H groups in total. The zero-order valence-corrected chi connectivity index (χ0v) is 17.2. The number of rotatable bonds is 4. The van der Waals surface area contributed by atoms with E-state index in [1.807, 2.05) is 42.1 Å². The Bertz CT molecular complexity index is 1140. The quantitative estimate of drug-likeness (QED) is 0.658. The van der Waals surface area contributed by atoms with Gasteiger partial charge in [-0.25, -0.2) is 8.42 Å². The molecule has 3 aromatic rings. The van der Waals surface area contributed by atoms with Crippen LogP contribution in [0.1, 0.15) is 10.4 Å². The van der Waals surface area contributed by atoms with Crippen molar-refractivity contribution in [2.24, 2.45) is 7.05 Å². The van der Waals surface area contributed by atoms with Crippen LogP contribution in [0.4, 0.5) is 0 Å². The number of ether oxygens (including phenoxy) is 1. The first kappa shape index (κ1) is 19.5. The number of nitrogens with zero attached hydrogens (tertiary/aromatic N) is 3. The second kappa shape index (κ2) is 7.53. The van der Waals surface area contributed by atoms with E-state index in [4.69, 9.17) is 4.74 Å². The fraction of sp³-hybridized carbons (Fsp3) is 0.286. The highest BCUT2D eigenvalue weighted by molar-refractivity contribution is 7.89. The number of aromatic nitrogens is 1. The molecule has 0 radical (unpaired) electrons. The summed E-state index contributed by atoms with van der Waals surface area (Å²) in [6.45, 7) is 1.25. The molecule has 4 rings (SSSR count). The van der Waals surface area contributed by atoms with Crippen LogP contribution >= 0.6 is 0 Å². The van der Waals surface area contributed by atoms with Crippen LogP contribution < -0.4 is 4.74 Å². The van der Waals surface area contributed by atoms with Crippen molar-refractivity contribution in [3.8, 4) is 5.75 Å². The highest BCUT2D eigenvalue weighted by Crippen LogP contribution is 2.24. The van der Waals surface area contributed by atoms with Gasteiger partial charge < -0.3 is 14.2 Å². The average molecular weight is 413 g/mol. The first-order chi connectivity index (χ1) is 13.9. The zero-order chi connectivity index (χ0) is 20.6. The largest absolute Gasteiger partial charge is 0.497 e. The summed E-state index contributed by atoms with van der Waals surface area (Å²) in [4.78, 5) is 15.0. The number of piperazine rings is 1. The van der Waals surface area contributed by atoms with Crippen LogP contribution in [-0.4, -0.2) is 61.4 Å². The van der Waals surface area contributed by atoms with Crippen molar-refractivity contribution in [3.63, 3.8) is 0 Å². The van der Waals surface area contributed by atoms with Crippen molar-refractivity contribution in [1.82, 2.24) is 13.8 Å². The van der Waals surface area contributed by atoms with Gasteiger partial charge in [-0.1, -0.05) is 6.07 Å². The fourth-order valence-electron chi connectivity index (χ4n) is 3.69. The Balaban J connectivity index is 1.49. The van der Waals surface area contributed by atoms with E-state index in [0.29, 0.717) is 24.4 Å². The van der Waals surface area contributed by atoms with E-state index >= 15 is 0 Å². The monoisotopic (exact) mass is 413 g/mol. The van der Waals surface area contributed by atoms with Crippen molar-refractivity contribution in [1.29, 1.82) is 0 Å². The van der Waals surface area contributed by atoms with Crippen molar-refractivity contribution in [2.45, 2.75) is 4.90 Å². The molecule has 2 aromatic carbocycles. The van der Waals surface area contributed by atoms with E-state index < -0.39 is 10.0 Å². The lowest BCUT2D eigenvalue weighted by Crippen LogP contribution is -2.50. The van der Waals surface area contributed by atoms with Crippen LogP contribution in [-0.2, 0) is 17.1 Å². The van der Waals surface area contributed by atoms with E-state index in [0.717, 1.165) is 10.9 Å². The smallest absolute Gasteiger partial charge is 0.254 e. The SMILES string of the molecule is COc1ccc(S(=O)(=O)N2CCN(C(=O)c3cccc4c3ccn4C)CC2)cc1. The number of sulfonamides is 1. The number of benzene rings is 2. The third-order valence-corrected chi connectivity index (χ3v) is 7.29. The Kier molecular flexibility index (Phi) is 5.06. The molecular formula is C21H23N3O4S. The normalized spacial score (nSPS) is 15.6. The molecule has 1 aromatic heterocycles. The van der Waals surface area contributed by atoms with Crippen LogP contribution in [0.3, 0.4) is 0 Å². The summed E-state index contributed by atoms with van der Waals surface area (Å²) in [6.07, 6.45) is 1.93. The van der Waals surface area contributed by atoms with Gasteiger partial charge in [-0.2, -0.15) is 4.31 Å². The van der Waals surface area contributed by atoms with Gasteiger partial charge >= 0.3 is 0 Å². The minimum atomic E-state index is -3.60. The summed E-state index contributed by atoms with van der Waals surface area (Å²) in [5, 5.41) is 0.910. The minimum absolute atomic E-state index is 0.0664. The highest BCUT2D eigenvalue weighted by Gasteiger charge is 2.31. The second-order valence-corrected chi connectivity index (χ2v) is 8.97. The van der Waals surface area contributed by atoms with Crippen molar-refractivity contribution in [3.05, 3.63) is 60.3 Å². The standard InChI is InChI=1S/C21H23N3O4S/c1-22-11-10-18-19(4-3-5-20(18)22)21(25)23-12-14-24(15-13-23)29(26,27)17-8-6-16(28-2)7-9-17/h3-11H,12-15H2,1-2H3. The Hall–Kier alpha value is -2.84. The zero-order valence-electron chi connectivity index (χ0n) is 16.4. The first-order valence-corrected chi connectivity index (χ1v) is 10.8. The summed E-state index contributed by atoms with van der Waals surface area (Å²) in [5.41, 5.74) is 1.64. The topological polar surface area (TPSA) is 71.9 Å². The van der Waals surface area contributed by atoms with Gasteiger partial charge in [-0.05, 0) is 42.5 Å². The van der Waals surface area contributed by atoms with E-state index in [2.05, 4.69) is 0 Å². The molecule has 0 saturated carbocycles. The molecule has 1 fully saturated rings. The number of carbonyl (C=O) groups excluding carboxylic acids is 1. The molecule has 1 aliphatic heterocycles. The number of amides is 1. The predicted octanol–water partition coefficient (Wildman–Crippen LogP) is 2.33. The molecule has 0 spiro atoms. The first-order valence-electron chi connectivity index (χ1n) is 9.39. The minimum Gasteiger partial charge on any atom is -0.497 e. The Morgan fingerprint density at radius 1 is 0.966 bits per heavy atom. The van der Waals surface area contributed by atoms with Crippen LogP contribution in [0.15, 0.2) is 59.6 Å². The van der Waals surface area contributed by atoms with Gasteiger partial charge in [0.25, 0.3) is 5.91 Å². The maximum absolute atomic E-state index is 13.1. The number of hydrogen-bond acceptors (Lipinski definition) is 4. The summed E-state index contributed by atoms with van der Waals surface area (Å²) in [5.74, 6) is 0.540. The Morgan fingerprint density at radius 3 is 2.31 bits per heavy atom. The molecule has 0 aliphatic carbocycles. The third kappa shape index (κ3) is 3.49. The Labute approximate surface area is 170 Å². The molecule has 1 saturated heterocycles. The lowest BCUT2D eigenvalue weighted by atomic mass is 10.1. The van der Waals surface area contributed by atoms with Gasteiger partial charge in [0.1, 0.15) is 5.75 Å². The maximum atomic E-state index is 13.1. The summed E-state index contributed by atoms with van der Waals surface area (Å²) >= 11 is 0. The molecular weight excluding hydrogens is 390 g/mol. The number of carbonyl (C=O) groups is 1. The molecule has 7 nitrogen and oxygen atoms in total. The van der Waals surface area contributed by atoms with Crippen LogP contribution in [0.25, 0.3) is 10.9 Å². The van der Waals surface area contributed by atoms with Crippen molar-refractivity contribution in [2.75, 3.05) is 33.3 Å². The van der Waals surface area contributed by atoms with Gasteiger partial charge in [0.05, 0.1) is 12.0 Å². The molecule has 29 heavy (non-hydrogen) atoms. The van der Waals surface area contributed by atoms with Gasteiger partial charge in [0.15, 0.2) is 0 Å². The van der Waals surface area contributed by atoms with Crippen molar-refractivity contribution < 1.29 is 17.9 Å². The van der Waals surface area contributed by atoms with Gasteiger partial charge in [0.2, 0.25) is 10.0 Å². The van der Waals surface area contributed by atoms with Crippen LogP contribution in [0.5, 0.6) is 5.75 Å². The van der Waals surface area contributed by atoms with Gasteiger partial charge in [0, 0.05) is 55.9 Å². The lowest BCUT2D eigenvalue weighted by Gasteiger charge is -2.34. The molecule has 1 amide bonds. The highest BCUT2D eigenvalue weighted by atomic mass is 32.2. The molecule has 0 atom stereocenters. The molecule has 0 unspecified atom stereocenters.